The van der Waals surface area contributed by atoms with Crippen molar-refractivity contribution in [3.63, 3.8) is 0 Å². The molecule has 5 heteroatoms. The lowest BCUT2D eigenvalue weighted by Gasteiger charge is -2.07. The van der Waals surface area contributed by atoms with E-state index in [4.69, 9.17) is 0 Å². The van der Waals surface area contributed by atoms with Crippen LogP contribution in [0.2, 0.25) is 0 Å². The molecule has 1 N–H and O–H groups in total. The highest BCUT2D eigenvalue weighted by molar-refractivity contribution is 5.95. The zero-order chi connectivity index (χ0) is 15.6. The molecule has 0 fully saturated rings. The van der Waals surface area contributed by atoms with Crippen LogP contribution < -0.4 is 5.32 Å². The van der Waals surface area contributed by atoms with Gasteiger partial charge in [-0.1, -0.05) is 18.2 Å². The normalized spacial score (nSPS) is 10.8. The Hall–Kier alpha value is -3.21. The molecule has 4 rings (SSSR count). The van der Waals surface area contributed by atoms with E-state index in [-0.39, 0.29) is 0 Å². The monoisotopic (exact) mass is 301 g/mol. The number of aromatic nitrogens is 4. The molecule has 0 spiro atoms. The third-order valence-electron chi connectivity index (χ3n) is 3.86. The SMILES string of the molecule is Cn1c(-c2cncnc2)cc2c(Nc3ccccc3)nccc21. The highest BCUT2D eigenvalue weighted by Crippen LogP contribution is 2.31. The molecule has 0 atom stereocenters. The van der Waals surface area contributed by atoms with Crippen molar-refractivity contribution in [3.05, 3.63) is 67.4 Å². The van der Waals surface area contributed by atoms with Crippen molar-refractivity contribution < 1.29 is 0 Å². The minimum absolute atomic E-state index is 0.840. The van der Waals surface area contributed by atoms with Crippen molar-refractivity contribution in [1.29, 1.82) is 0 Å². The number of hydrogen-bond acceptors (Lipinski definition) is 4. The van der Waals surface area contributed by atoms with Crippen LogP contribution in [0.3, 0.4) is 0 Å². The number of fused-ring (bicyclic) bond motifs is 1. The molecule has 0 radical (unpaired) electrons. The molecule has 0 bridgehead atoms. The van der Waals surface area contributed by atoms with Crippen molar-refractivity contribution in [2.45, 2.75) is 0 Å². The summed E-state index contributed by atoms with van der Waals surface area (Å²) in [4.78, 5) is 12.7. The van der Waals surface area contributed by atoms with E-state index in [0.29, 0.717) is 0 Å². The van der Waals surface area contributed by atoms with Crippen LogP contribution in [0.25, 0.3) is 22.2 Å². The average molecular weight is 301 g/mol. The third-order valence-corrected chi connectivity index (χ3v) is 3.86. The van der Waals surface area contributed by atoms with Gasteiger partial charge in [0.25, 0.3) is 0 Å². The second-order valence-electron chi connectivity index (χ2n) is 5.30. The van der Waals surface area contributed by atoms with E-state index in [9.17, 15) is 0 Å². The second kappa shape index (κ2) is 5.53. The molecule has 3 heterocycles. The fraction of sp³-hybridized carbons (Fsp3) is 0.0556. The van der Waals surface area contributed by atoms with Crippen molar-refractivity contribution in [3.8, 4) is 11.3 Å². The first kappa shape index (κ1) is 13.5. The molecule has 0 aliphatic carbocycles. The van der Waals surface area contributed by atoms with Crippen molar-refractivity contribution in [2.24, 2.45) is 7.05 Å². The standard InChI is InChI=1S/C18H15N5/c1-23-16-7-8-21-18(22-14-5-3-2-4-6-14)15(16)9-17(23)13-10-19-12-20-11-13/h2-12H,1H3,(H,21,22). The van der Waals surface area contributed by atoms with Crippen LogP contribution in [0.1, 0.15) is 0 Å². The van der Waals surface area contributed by atoms with Gasteiger partial charge in [-0.3, -0.25) is 0 Å². The van der Waals surface area contributed by atoms with Gasteiger partial charge in [-0.2, -0.15) is 0 Å². The first-order valence-electron chi connectivity index (χ1n) is 7.35. The predicted molar refractivity (Wildman–Crippen MR) is 91.5 cm³/mol. The Labute approximate surface area is 133 Å². The molecule has 5 nitrogen and oxygen atoms in total. The first-order chi connectivity index (χ1) is 11.3. The molecule has 3 aromatic heterocycles. The van der Waals surface area contributed by atoms with Gasteiger partial charge in [0.1, 0.15) is 12.1 Å². The minimum atomic E-state index is 0.840. The Balaban J connectivity index is 1.85. The molecule has 112 valence electrons. The Morgan fingerprint density at radius 3 is 2.57 bits per heavy atom. The van der Waals surface area contributed by atoms with Crippen LogP contribution in [0.15, 0.2) is 67.4 Å². The lowest BCUT2D eigenvalue weighted by Crippen LogP contribution is -1.95. The number of hydrogen-bond donors (Lipinski definition) is 1. The molecule has 4 aromatic rings. The lowest BCUT2D eigenvalue weighted by molar-refractivity contribution is 0.972. The van der Waals surface area contributed by atoms with E-state index in [1.807, 2.05) is 62.0 Å². The number of para-hydroxylation sites is 1. The van der Waals surface area contributed by atoms with Gasteiger partial charge in [0.05, 0.1) is 11.2 Å². The summed E-state index contributed by atoms with van der Waals surface area (Å²) in [6.45, 7) is 0. The number of pyridine rings is 1. The molecular formula is C18H15N5. The highest BCUT2D eigenvalue weighted by Gasteiger charge is 2.12. The number of anilines is 2. The second-order valence-corrected chi connectivity index (χ2v) is 5.30. The molecule has 0 amide bonds. The van der Waals surface area contributed by atoms with Gasteiger partial charge in [0.2, 0.25) is 0 Å². The topological polar surface area (TPSA) is 55.6 Å². The summed E-state index contributed by atoms with van der Waals surface area (Å²) in [6, 6.07) is 14.2. The van der Waals surface area contributed by atoms with E-state index in [2.05, 4.69) is 30.9 Å². The summed E-state index contributed by atoms with van der Waals surface area (Å²) in [7, 11) is 2.04. The maximum absolute atomic E-state index is 4.49. The number of rotatable bonds is 3. The van der Waals surface area contributed by atoms with Gasteiger partial charge >= 0.3 is 0 Å². The lowest BCUT2D eigenvalue weighted by atomic mass is 10.2. The fourth-order valence-corrected chi connectivity index (χ4v) is 2.73. The van der Waals surface area contributed by atoms with Crippen LogP contribution in [-0.4, -0.2) is 19.5 Å². The van der Waals surface area contributed by atoms with Crippen molar-refractivity contribution in [2.75, 3.05) is 5.32 Å². The highest BCUT2D eigenvalue weighted by atomic mass is 15.0. The summed E-state index contributed by atoms with van der Waals surface area (Å²) in [5, 5.41) is 4.45. The molecule has 0 aliphatic heterocycles. The largest absolute Gasteiger partial charge is 0.343 e. The number of aryl methyl sites for hydroxylation is 1. The van der Waals surface area contributed by atoms with Gasteiger partial charge in [-0.15, -0.1) is 0 Å². The Morgan fingerprint density at radius 1 is 1.00 bits per heavy atom. The molecular weight excluding hydrogens is 286 g/mol. The molecule has 0 saturated heterocycles. The Morgan fingerprint density at radius 2 is 1.78 bits per heavy atom. The third kappa shape index (κ3) is 2.42. The molecule has 0 aliphatic rings. The number of nitrogens with one attached hydrogen (secondary N) is 1. The van der Waals surface area contributed by atoms with Gasteiger partial charge in [-0.25, -0.2) is 15.0 Å². The quantitative estimate of drug-likeness (QED) is 0.626. The average Bonchev–Trinajstić information content (AvgIpc) is 2.95. The van der Waals surface area contributed by atoms with Gasteiger partial charge < -0.3 is 9.88 Å². The summed E-state index contributed by atoms with van der Waals surface area (Å²) in [5.74, 6) is 0.840. The van der Waals surface area contributed by atoms with E-state index >= 15 is 0 Å². The number of nitrogens with zero attached hydrogens (tertiary/aromatic N) is 4. The van der Waals surface area contributed by atoms with E-state index < -0.39 is 0 Å². The van der Waals surface area contributed by atoms with E-state index in [0.717, 1.165) is 33.7 Å². The summed E-state index contributed by atoms with van der Waals surface area (Å²) >= 11 is 0. The summed E-state index contributed by atoms with van der Waals surface area (Å²) in [6.07, 6.45) is 6.99. The zero-order valence-corrected chi connectivity index (χ0v) is 12.6. The van der Waals surface area contributed by atoms with Crippen molar-refractivity contribution in [1.82, 2.24) is 19.5 Å². The summed E-state index contributed by atoms with van der Waals surface area (Å²) < 4.78 is 2.13. The molecule has 0 saturated carbocycles. The molecule has 1 aromatic carbocycles. The van der Waals surface area contributed by atoms with Crippen LogP contribution in [-0.2, 0) is 7.05 Å². The van der Waals surface area contributed by atoms with Gasteiger partial charge in [0.15, 0.2) is 0 Å². The minimum Gasteiger partial charge on any atom is -0.343 e. The van der Waals surface area contributed by atoms with Crippen molar-refractivity contribution >= 4 is 22.4 Å². The van der Waals surface area contributed by atoms with Crippen LogP contribution >= 0.6 is 0 Å². The molecule has 23 heavy (non-hydrogen) atoms. The first-order valence-corrected chi connectivity index (χ1v) is 7.35. The fourth-order valence-electron chi connectivity index (χ4n) is 2.73. The Kier molecular flexibility index (Phi) is 3.24. The van der Waals surface area contributed by atoms with Crippen LogP contribution in [0.4, 0.5) is 11.5 Å². The maximum atomic E-state index is 4.49. The van der Waals surface area contributed by atoms with Crippen LogP contribution in [0, 0.1) is 0 Å². The van der Waals surface area contributed by atoms with Gasteiger partial charge in [0, 0.05) is 42.3 Å². The smallest absolute Gasteiger partial charge is 0.139 e. The van der Waals surface area contributed by atoms with Gasteiger partial charge in [-0.05, 0) is 24.3 Å². The van der Waals surface area contributed by atoms with Crippen LogP contribution in [0.5, 0.6) is 0 Å². The zero-order valence-electron chi connectivity index (χ0n) is 12.6. The molecule has 0 unspecified atom stereocenters. The predicted octanol–water partition coefficient (Wildman–Crippen LogP) is 3.77. The van der Waals surface area contributed by atoms with E-state index in [1.54, 1.807) is 0 Å². The number of benzene rings is 1. The summed E-state index contributed by atoms with van der Waals surface area (Å²) in [5.41, 5.74) is 4.17. The van der Waals surface area contributed by atoms with E-state index in [1.165, 1.54) is 6.33 Å². The maximum Gasteiger partial charge on any atom is 0.139 e. The Bertz CT molecular complexity index is 945.